The van der Waals surface area contributed by atoms with E-state index in [1.54, 1.807) is 17.5 Å². The van der Waals surface area contributed by atoms with Crippen LogP contribution in [0.1, 0.15) is 48.0 Å². The molecule has 1 aromatic heterocycles. The zero-order chi connectivity index (χ0) is 18.5. The van der Waals surface area contributed by atoms with Crippen LogP contribution in [-0.2, 0) is 0 Å². The molecule has 3 rings (SSSR count). The summed E-state index contributed by atoms with van der Waals surface area (Å²) in [6, 6.07) is 7.69. The minimum Gasteiger partial charge on any atom is -0.492 e. The summed E-state index contributed by atoms with van der Waals surface area (Å²) in [6.07, 6.45) is 2.60. The maximum Gasteiger partial charge on any atom is 0.277 e. The van der Waals surface area contributed by atoms with Gasteiger partial charge in [0.25, 0.3) is 5.91 Å². The number of ether oxygens (including phenoxy) is 1. The summed E-state index contributed by atoms with van der Waals surface area (Å²) < 4.78 is 5.83. The predicted molar refractivity (Wildman–Crippen MR) is 107 cm³/mol. The van der Waals surface area contributed by atoms with Crippen LogP contribution in [0.5, 0.6) is 5.75 Å². The van der Waals surface area contributed by atoms with Crippen LogP contribution in [-0.4, -0.2) is 49.1 Å². The van der Waals surface area contributed by atoms with Crippen molar-refractivity contribution in [1.82, 2.24) is 9.88 Å². The number of hydrogen-bond acceptors (Lipinski definition) is 5. The minimum absolute atomic E-state index is 0.0716. The number of benzene rings is 1. The van der Waals surface area contributed by atoms with Gasteiger partial charge in [-0.3, -0.25) is 9.69 Å². The van der Waals surface area contributed by atoms with Crippen molar-refractivity contribution in [2.45, 2.75) is 32.6 Å². The highest BCUT2D eigenvalue weighted by molar-refractivity contribution is 7.10. The average molecular weight is 374 g/mol. The van der Waals surface area contributed by atoms with Crippen molar-refractivity contribution >= 4 is 22.9 Å². The van der Waals surface area contributed by atoms with Gasteiger partial charge in [-0.05, 0) is 56.1 Å². The Bertz CT molecular complexity index is 721. The van der Waals surface area contributed by atoms with Crippen molar-refractivity contribution in [2.24, 2.45) is 0 Å². The molecule has 1 aliphatic rings. The molecule has 26 heavy (non-hydrogen) atoms. The molecular weight excluding hydrogens is 346 g/mol. The summed E-state index contributed by atoms with van der Waals surface area (Å²) in [5, 5.41) is 0. The van der Waals surface area contributed by atoms with Gasteiger partial charge >= 0.3 is 0 Å². The van der Waals surface area contributed by atoms with E-state index in [9.17, 15) is 4.79 Å². The maximum atomic E-state index is 12.8. The van der Waals surface area contributed by atoms with E-state index in [4.69, 9.17) is 4.74 Å². The lowest BCUT2D eigenvalue weighted by atomic mass is 10.1. The van der Waals surface area contributed by atoms with Gasteiger partial charge in [0.15, 0.2) is 0 Å². The van der Waals surface area contributed by atoms with Gasteiger partial charge in [-0.2, -0.15) is 0 Å². The fourth-order valence-electron chi connectivity index (χ4n) is 3.17. The second-order valence-electron chi connectivity index (χ2n) is 6.98. The number of thiazole rings is 1. The van der Waals surface area contributed by atoms with Crippen LogP contribution in [0.4, 0.5) is 5.69 Å². The summed E-state index contributed by atoms with van der Waals surface area (Å²) in [4.78, 5) is 22.2. The Kier molecular flexibility index (Phi) is 6.27. The molecule has 140 valence electrons. The van der Waals surface area contributed by atoms with Crippen molar-refractivity contribution < 1.29 is 9.53 Å². The summed E-state index contributed by atoms with van der Waals surface area (Å²) in [5.74, 6) is 1.06. The minimum atomic E-state index is -0.0716. The molecule has 1 aliphatic heterocycles. The zero-order valence-electron chi connectivity index (χ0n) is 15.8. The monoisotopic (exact) mass is 373 g/mol. The molecule has 0 atom stereocenters. The van der Waals surface area contributed by atoms with Crippen molar-refractivity contribution in [2.75, 3.05) is 38.2 Å². The summed E-state index contributed by atoms with van der Waals surface area (Å²) in [5.41, 5.74) is 3.14. The number of hydrogen-bond donors (Lipinski definition) is 0. The number of amides is 1. The first kappa shape index (κ1) is 18.9. The Labute approximate surface area is 159 Å². The molecule has 1 amide bonds. The normalized spacial score (nSPS) is 14.8. The predicted octanol–water partition coefficient (Wildman–Crippen LogP) is 4.02. The second kappa shape index (κ2) is 8.64. The number of likely N-dealkylation sites (tertiary alicyclic amines) is 1. The SMILES string of the molecule is CC(C)c1scnc1C(=O)N(C)c1ccc(OCCN2CCCC2)cc1. The van der Waals surface area contributed by atoms with Crippen molar-refractivity contribution in [3.05, 3.63) is 40.3 Å². The molecule has 1 fully saturated rings. The smallest absolute Gasteiger partial charge is 0.277 e. The van der Waals surface area contributed by atoms with E-state index >= 15 is 0 Å². The van der Waals surface area contributed by atoms with E-state index in [2.05, 4.69) is 23.7 Å². The van der Waals surface area contributed by atoms with Crippen molar-refractivity contribution in [1.29, 1.82) is 0 Å². The van der Waals surface area contributed by atoms with Crippen LogP contribution in [0.2, 0.25) is 0 Å². The van der Waals surface area contributed by atoms with Gasteiger partial charge in [0.2, 0.25) is 0 Å². The van der Waals surface area contributed by atoms with E-state index in [1.807, 2.05) is 24.3 Å². The molecule has 0 unspecified atom stereocenters. The molecule has 1 aromatic carbocycles. The number of carbonyl (C=O) groups excluding carboxylic acids is 1. The Morgan fingerprint density at radius 3 is 2.62 bits per heavy atom. The van der Waals surface area contributed by atoms with Gasteiger partial charge < -0.3 is 9.64 Å². The maximum absolute atomic E-state index is 12.8. The highest BCUT2D eigenvalue weighted by atomic mass is 32.1. The highest BCUT2D eigenvalue weighted by Crippen LogP contribution is 2.26. The van der Waals surface area contributed by atoms with E-state index < -0.39 is 0 Å². The van der Waals surface area contributed by atoms with E-state index in [0.29, 0.717) is 18.2 Å². The summed E-state index contributed by atoms with van der Waals surface area (Å²) >= 11 is 1.54. The molecule has 2 heterocycles. The topological polar surface area (TPSA) is 45.7 Å². The Morgan fingerprint density at radius 2 is 1.96 bits per heavy atom. The van der Waals surface area contributed by atoms with Crippen LogP contribution in [0.25, 0.3) is 0 Å². The zero-order valence-corrected chi connectivity index (χ0v) is 16.6. The number of carbonyl (C=O) groups is 1. The second-order valence-corrected chi connectivity index (χ2v) is 7.86. The Balaban J connectivity index is 1.58. The Hall–Kier alpha value is -1.92. The van der Waals surface area contributed by atoms with Gasteiger partial charge in [-0.25, -0.2) is 4.98 Å². The summed E-state index contributed by atoms with van der Waals surface area (Å²) in [7, 11) is 1.79. The third kappa shape index (κ3) is 4.43. The van der Waals surface area contributed by atoms with E-state index in [1.165, 1.54) is 37.3 Å². The average Bonchev–Trinajstić information content (AvgIpc) is 3.33. The molecule has 0 N–H and O–H groups in total. The van der Waals surface area contributed by atoms with Crippen LogP contribution in [0, 0.1) is 0 Å². The quantitative estimate of drug-likeness (QED) is 0.735. The molecule has 0 saturated carbocycles. The molecule has 0 aliphatic carbocycles. The fourth-order valence-corrected chi connectivity index (χ4v) is 3.96. The van der Waals surface area contributed by atoms with Crippen molar-refractivity contribution in [3.8, 4) is 5.75 Å². The molecule has 0 radical (unpaired) electrons. The largest absolute Gasteiger partial charge is 0.492 e. The Morgan fingerprint density at radius 1 is 1.27 bits per heavy atom. The van der Waals surface area contributed by atoms with Gasteiger partial charge in [-0.15, -0.1) is 11.3 Å². The first-order valence-corrected chi connectivity index (χ1v) is 10.1. The lowest BCUT2D eigenvalue weighted by Crippen LogP contribution is -2.27. The standard InChI is InChI=1S/C20H27N3O2S/c1-15(2)19-18(21-14-26-19)20(24)22(3)16-6-8-17(9-7-16)25-13-12-23-10-4-5-11-23/h6-9,14-15H,4-5,10-13H2,1-3H3. The van der Waals surface area contributed by atoms with E-state index in [-0.39, 0.29) is 5.91 Å². The lowest BCUT2D eigenvalue weighted by Gasteiger charge is -2.18. The molecule has 0 bridgehead atoms. The number of anilines is 1. The third-order valence-corrected chi connectivity index (χ3v) is 5.85. The van der Waals surface area contributed by atoms with Crippen LogP contribution in [0.3, 0.4) is 0 Å². The van der Waals surface area contributed by atoms with Gasteiger partial charge in [0.05, 0.1) is 5.51 Å². The van der Waals surface area contributed by atoms with Crippen molar-refractivity contribution in [3.63, 3.8) is 0 Å². The molecule has 2 aromatic rings. The first-order chi connectivity index (χ1) is 12.6. The fraction of sp³-hybridized carbons (Fsp3) is 0.500. The highest BCUT2D eigenvalue weighted by Gasteiger charge is 2.21. The number of rotatable bonds is 7. The van der Waals surface area contributed by atoms with Crippen LogP contribution < -0.4 is 9.64 Å². The molecule has 5 nitrogen and oxygen atoms in total. The lowest BCUT2D eigenvalue weighted by molar-refractivity contribution is 0.0987. The first-order valence-electron chi connectivity index (χ1n) is 9.23. The third-order valence-electron chi connectivity index (χ3n) is 4.73. The van der Waals surface area contributed by atoms with Crippen LogP contribution in [0.15, 0.2) is 29.8 Å². The molecule has 0 spiro atoms. The molecular formula is C20H27N3O2S. The van der Waals surface area contributed by atoms with Gasteiger partial charge in [-0.1, -0.05) is 13.8 Å². The van der Waals surface area contributed by atoms with Gasteiger partial charge in [0, 0.05) is 24.2 Å². The summed E-state index contributed by atoms with van der Waals surface area (Å²) in [6.45, 7) is 8.21. The number of aromatic nitrogens is 1. The molecule has 6 heteroatoms. The van der Waals surface area contributed by atoms with Gasteiger partial charge in [0.1, 0.15) is 18.1 Å². The van der Waals surface area contributed by atoms with Crippen LogP contribution >= 0.6 is 11.3 Å². The van der Waals surface area contributed by atoms with E-state index in [0.717, 1.165) is 22.9 Å². The molecule has 1 saturated heterocycles. The number of nitrogens with zero attached hydrogens (tertiary/aromatic N) is 3.